The highest BCUT2D eigenvalue weighted by atomic mass is 16.6. The van der Waals surface area contributed by atoms with Crippen LogP contribution in [0.5, 0.6) is 0 Å². The van der Waals surface area contributed by atoms with Crippen LogP contribution >= 0.6 is 0 Å². The number of rotatable bonds is 3. The second-order valence-electron chi connectivity index (χ2n) is 3.12. The summed E-state index contributed by atoms with van der Waals surface area (Å²) in [7, 11) is 0. The van der Waals surface area contributed by atoms with Crippen molar-refractivity contribution in [2.45, 2.75) is 12.0 Å². The van der Waals surface area contributed by atoms with Crippen molar-refractivity contribution >= 4 is 0 Å². The second kappa shape index (κ2) is 2.88. The van der Waals surface area contributed by atoms with Gasteiger partial charge in [-0.25, -0.2) is 0 Å². The highest BCUT2D eigenvalue weighted by Gasteiger charge is 2.45. The third-order valence-electron chi connectivity index (χ3n) is 2.31. The van der Waals surface area contributed by atoms with E-state index in [0.29, 0.717) is 6.42 Å². The average molecular weight is 164 g/mol. The van der Waals surface area contributed by atoms with Crippen molar-refractivity contribution in [1.82, 2.24) is 0 Å². The summed E-state index contributed by atoms with van der Waals surface area (Å²) in [6, 6.07) is 10.1. The first kappa shape index (κ1) is 7.77. The van der Waals surface area contributed by atoms with Gasteiger partial charge >= 0.3 is 0 Å². The molecule has 1 aliphatic heterocycles. The summed E-state index contributed by atoms with van der Waals surface area (Å²) in [4.78, 5) is 0. The lowest BCUT2D eigenvalue weighted by Crippen LogP contribution is -2.10. The molecule has 0 spiro atoms. The van der Waals surface area contributed by atoms with Crippen LogP contribution in [0.1, 0.15) is 12.0 Å². The van der Waals surface area contributed by atoms with Crippen LogP contribution in [-0.2, 0) is 10.3 Å². The van der Waals surface area contributed by atoms with Crippen LogP contribution in [0, 0.1) is 0 Å². The molecule has 0 saturated carbocycles. The molecule has 0 aromatic heterocycles. The van der Waals surface area contributed by atoms with E-state index in [1.165, 1.54) is 5.56 Å². The summed E-state index contributed by atoms with van der Waals surface area (Å²) >= 11 is 0. The molecule has 1 aliphatic rings. The van der Waals surface area contributed by atoms with Crippen molar-refractivity contribution in [2.24, 2.45) is 0 Å². The van der Waals surface area contributed by atoms with Crippen LogP contribution in [-0.4, -0.2) is 18.3 Å². The molecular weight excluding hydrogens is 152 g/mol. The van der Waals surface area contributed by atoms with E-state index in [1.54, 1.807) is 0 Å². The molecule has 1 N–H and O–H groups in total. The van der Waals surface area contributed by atoms with Crippen molar-refractivity contribution in [2.75, 3.05) is 13.2 Å². The molecule has 0 aliphatic carbocycles. The van der Waals surface area contributed by atoms with E-state index < -0.39 is 0 Å². The minimum absolute atomic E-state index is 0.157. The summed E-state index contributed by atoms with van der Waals surface area (Å²) in [5.41, 5.74) is 1.02. The largest absolute Gasteiger partial charge is 0.396 e. The van der Waals surface area contributed by atoms with Gasteiger partial charge < -0.3 is 9.84 Å². The Labute approximate surface area is 71.8 Å². The van der Waals surface area contributed by atoms with E-state index in [2.05, 4.69) is 0 Å². The lowest BCUT2D eigenvalue weighted by atomic mass is 9.97. The van der Waals surface area contributed by atoms with Gasteiger partial charge in [-0.1, -0.05) is 30.3 Å². The highest BCUT2D eigenvalue weighted by molar-refractivity contribution is 5.26. The predicted molar refractivity (Wildman–Crippen MR) is 45.8 cm³/mol. The molecule has 2 rings (SSSR count). The molecule has 1 aromatic carbocycles. The molecule has 1 heterocycles. The quantitative estimate of drug-likeness (QED) is 0.683. The predicted octanol–water partition coefficient (Wildman–Crippen LogP) is 1.29. The molecule has 1 atom stereocenters. The van der Waals surface area contributed by atoms with Crippen LogP contribution in [0.15, 0.2) is 30.3 Å². The fourth-order valence-corrected chi connectivity index (χ4v) is 1.46. The molecule has 0 amide bonds. The van der Waals surface area contributed by atoms with Crippen LogP contribution in [0.25, 0.3) is 0 Å². The Morgan fingerprint density at radius 3 is 2.50 bits per heavy atom. The minimum atomic E-state index is -0.157. The topological polar surface area (TPSA) is 32.8 Å². The van der Waals surface area contributed by atoms with Gasteiger partial charge in [0.25, 0.3) is 0 Å². The van der Waals surface area contributed by atoms with Crippen LogP contribution in [0.4, 0.5) is 0 Å². The average Bonchev–Trinajstić information content (AvgIpc) is 2.88. The highest BCUT2D eigenvalue weighted by Crippen LogP contribution is 2.41. The van der Waals surface area contributed by atoms with Gasteiger partial charge in [0.15, 0.2) is 0 Å². The number of benzene rings is 1. The molecule has 1 saturated heterocycles. The lowest BCUT2D eigenvalue weighted by Gasteiger charge is -2.09. The third kappa shape index (κ3) is 1.24. The van der Waals surface area contributed by atoms with E-state index in [9.17, 15) is 0 Å². The Morgan fingerprint density at radius 1 is 1.33 bits per heavy atom. The molecule has 0 unspecified atom stereocenters. The maximum Gasteiger partial charge on any atom is 0.119 e. The van der Waals surface area contributed by atoms with E-state index in [-0.39, 0.29) is 12.2 Å². The lowest BCUT2D eigenvalue weighted by molar-refractivity contribution is 0.214. The fourth-order valence-electron chi connectivity index (χ4n) is 1.46. The zero-order valence-corrected chi connectivity index (χ0v) is 6.86. The van der Waals surface area contributed by atoms with Gasteiger partial charge in [0, 0.05) is 13.0 Å². The number of hydrogen-bond acceptors (Lipinski definition) is 2. The number of ether oxygens (including phenoxy) is 1. The number of aliphatic hydroxyl groups is 1. The van der Waals surface area contributed by atoms with Crippen molar-refractivity contribution in [3.8, 4) is 0 Å². The van der Waals surface area contributed by atoms with E-state index in [4.69, 9.17) is 9.84 Å². The standard InChI is InChI=1S/C10H12O2/c11-7-6-10(8-12-10)9-4-2-1-3-5-9/h1-5,11H,6-8H2/t10-/m1/s1. The van der Waals surface area contributed by atoms with Crippen molar-refractivity contribution in [1.29, 1.82) is 0 Å². The molecule has 1 fully saturated rings. The van der Waals surface area contributed by atoms with Gasteiger partial charge in [0.1, 0.15) is 5.60 Å². The molecule has 2 nitrogen and oxygen atoms in total. The van der Waals surface area contributed by atoms with Crippen LogP contribution < -0.4 is 0 Å². The first-order chi connectivity index (χ1) is 5.87. The molecule has 2 heteroatoms. The monoisotopic (exact) mass is 164 g/mol. The van der Waals surface area contributed by atoms with Gasteiger partial charge in [-0.2, -0.15) is 0 Å². The van der Waals surface area contributed by atoms with Gasteiger partial charge in [-0.05, 0) is 5.56 Å². The SMILES string of the molecule is OCC[C@]1(c2ccccc2)CO1. The number of hydrogen-bond donors (Lipinski definition) is 1. The Kier molecular flexibility index (Phi) is 1.87. The summed E-state index contributed by atoms with van der Waals surface area (Å²) in [6.07, 6.45) is 0.705. The molecular formula is C10H12O2. The summed E-state index contributed by atoms with van der Waals surface area (Å²) in [5.74, 6) is 0. The zero-order chi connectivity index (χ0) is 8.44. The molecule has 64 valence electrons. The Morgan fingerprint density at radius 2 is 2.00 bits per heavy atom. The minimum Gasteiger partial charge on any atom is -0.396 e. The van der Waals surface area contributed by atoms with Gasteiger partial charge in [0.05, 0.1) is 6.61 Å². The second-order valence-corrected chi connectivity index (χ2v) is 3.12. The third-order valence-corrected chi connectivity index (χ3v) is 2.31. The van der Waals surface area contributed by atoms with Gasteiger partial charge in [0.2, 0.25) is 0 Å². The smallest absolute Gasteiger partial charge is 0.119 e. The molecule has 0 bridgehead atoms. The molecule has 1 aromatic rings. The van der Waals surface area contributed by atoms with Crippen LogP contribution in [0.3, 0.4) is 0 Å². The summed E-state index contributed by atoms with van der Waals surface area (Å²) in [5, 5.41) is 8.82. The van der Waals surface area contributed by atoms with Crippen molar-refractivity contribution in [3.63, 3.8) is 0 Å². The Hall–Kier alpha value is -0.860. The number of epoxide rings is 1. The van der Waals surface area contributed by atoms with Crippen molar-refractivity contribution < 1.29 is 9.84 Å². The van der Waals surface area contributed by atoms with Gasteiger partial charge in [-0.15, -0.1) is 0 Å². The van der Waals surface area contributed by atoms with E-state index in [0.717, 1.165) is 6.61 Å². The van der Waals surface area contributed by atoms with Gasteiger partial charge in [-0.3, -0.25) is 0 Å². The Balaban J connectivity index is 2.19. The van der Waals surface area contributed by atoms with E-state index >= 15 is 0 Å². The Bertz CT molecular complexity index is 252. The maximum atomic E-state index is 8.82. The fraction of sp³-hybridized carbons (Fsp3) is 0.400. The van der Waals surface area contributed by atoms with E-state index in [1.807, 2.05) is 30.3 Å². The first-order valence-electron chi connectivity index (χ1n) is 4.18. The summed E-state index contributed by atoms with van der Waals surface area (Å²) < 4.78 is 5.36. The first-order valence-corrected chi connectivity index (χ1v) is 4.18. The zero-order valence-electron chi connectivity index (χ0n) is 6.86. The molecule has 0 radical (unpaired) electrons. The maximum absolute atomic E-state index is 8.82. The van der Waals surface area contributed by atoms with Crippen molar-refractivity contribution in [3.05, 3.63) is 35.9 Å². The molecule has 12 heavy (non-hydrogen) atoms. The summed E-state index contributed by atoms with van der Waals surface area (Å²) in [6.45, 7) is 0.937. The normalized spacial score (nSPS) is 27.1. The van der Waals surface area contributed by atoms with Crippen LogP contribution in [0.2, 0.25) is 0 Å². The number of aliphatic hydroxyl groups excluding tert-OH is 1.